The Morgan fingerprint density at radius 3 is 3.00 bits per heavy atom. The van der Waals surface area contributed by atoms with Crippen LogP contribution < -0.4 is 5.32 Å². The van der Waals surface area contributed by atoms with Crippen LogP contribution >= 0.6 is 11.6 Å². The molecule has 19 heavy (non-hydrogen) atoms. The van der Waals surface area contributed by atoms with E-state index in [9.17, 15) is 4.79 Å². The highest BCUT2D eigenvalue weighted by atomic mass is 35.5. The molecule has 94 valence electrons. The fourth-order valence-electron chi connectivity index (χ4n) is 1.76. The number of benzene rings is 1. The summed E-state index contributed by atoms with van der Waals surface area (Å²) in [6, 6.07) is 8.61. The first-order chi connectivity index (χ1) is 9.22. The monoisotopic (exact) mass is 272 g/mol. The van der Waals surface area contributed by atoms with Crippen molar-refractivity contribution in [1.29, 1.82) is 0 Å². The van der Waals surface area contributed by atoms with Gasteiger partial charge in [-0.1, -0.05) is 17.7 Å². The van der Waals surface area contributed by atoms with Crippen LogP contribution in [0.1, 0.15) is 10.4 Å². The summed E-state index contributed by atoms with van der Waals surface area (Å²) in [7, 11) is 0. The van der Waals surface area contributed by atoms with Crippen molar-refractivity contribution in [2.24, 2.45) is 0 Å². The average molecular weight is 273 g/mol. The summed E-state index contributed by atoms with van der Waals surface area (Å²) < 4.78 is 0. The number of nitrogens with zero attached hydrogens (tertiary/aromatic N) is 2. The molecule has 0 atom stereocenters. The number of nitrogens with one attached hydrogen (secondary N) is 2. The third-order valence-corrected chi connectivity index (χ3v) is 2.90. The lowest BCUT2D eigenvalue weighted by molar-refractivity contribution is 0.102. The number of aromatic nitrogens is 3. The van der Waals surface area contributed by atoms with Gasteiger partial charge in [0.05, 0.1) is 11.7 Å². The van der Waals surface area contributed by atoms with Crippen molar-refractivity contribution < 1.29 is 4.79 Å². The number of anilines is 1. The molecule has 0 aliphatic rings. The maximum atomic E-state index is 12.1. The number of H-pyrrole nitrogens is 1. The molecule has 0 unspecified atom stereocenters. The zero-order chi connectivity index (χ0) is 13.2. The minimum absolute atomic E-state index is 0.209. The molecule has 3 aromatic rings. The lowest BCUT2D eigenvalue weighted by Crippen LogP contribution is -2.11. The molecule has 0 aliphatic heterocycles. The number of hydrogen-bond acceptors (Lipinski definition) is 3. The van der Waals surface area contributed by atoms with Crippen molar-refractivity contribution in [2.75, 3.05) is 5.32 Å². The Balaban J connectivity index is 1.87. The van der Waals surface area contributed by atoms with Crippen molar-refractivity contribution >= 4 is 34.1 Å². The van der Waals surface area contributed by atoms with Crippen LogP contribution in [0, 0.1) is 0 Å². The van der Waals surface area contributed by atoms with E-state index in [1.165, 1.54) is 6.20 Å². The molecule has 2 heterocycles. The van der Waals surface area contributed by atoms with Crippen molar-refractivity contribution in [1.82, 2.24) is 15.2 Å². The first kappa shape index (κ1) is 11.7. The fourth-order valence-corrected chi connectivity index (χ4v) is 1.94. The number of fused-ring (bicyclic) bond motifs is 1. The topological polar surface area (TPSA) is 70.7 Å². The Bertz CT molecular complexity index is 753. The van der Waals surface area contributed by atoms with Gasteiger partial charge in [-0.3, -0.25) is 9.89 Å². The van der Waals surface area contributed by atoms with Crippen molar-refractivity contribution in [3.63, 3.8) is 0 Å². The number of halogens is 1. The third kappa shape index (κ3) is 2.41. The predicted octanol–water partition coefficient (Wildman–Crippen LogP) is 2.86. The number of amides is 1. The Morgan fingerprint density at radius 1 is 1.26 bits per heavy atom. The molecule has 3 rings (SSSR count). The molecule has 1 amide bonds. The molecule has 2 aromatic heterocycles. The van der Waals surface area contributed by atoms with Crippen LogP contribution in [0.2, 0.25) is 5.15 Å². The predicted molar refractivity (Wildman–Crippen MR) is 73.3 cm³/mol. The van der Waals surface area contributed by atoms with Crippen LogP contribution in [0.15, 0.2) is 42.7 Å². The second-order valence-electron chi connectivity index (χ2n) is 3.99. The van der Waals surface area contributed by atoms with Crippen LogP contribution in [-0.2, 0) is 0 Å². The fraction of sp³-hybridized carbons (Fsp3) is 0. The smallest absolute Gasteiger partial charge is 0.255 e. The van der Waals surface area contributed by atoms with E-state index in [0.29, 0.717) is 16.4 Å². The SMILES string of the molecule is O=C(Nc1ccnc(Cl)c1)c1ccc2cn[nH]c2c1. The van der Waals surface area contributed by atoms with Crippen molar-refractivity contribution in [2.45, 2.75) is 0 Å². The second kappa shape index (κ2) is 4.70. The van der Waals surface area contributed by atoms with E-state index < -0.39 is 0 Å². The number of rotatable bonds is 2. The molecule has 0 bridgehead atoms. The molecule has 5 nitrogen and oxygen atoms in total. The zero-order valence-electron chi connectivity index (χ0n) is 9.72. The van der Waals surface area contributed by atoms with Gasteiger partial charge in [-0.15, -0.1) is 0 Å². The molecule has 0 radical (unpaired) electrons. The summed E-state index contributed by atoms with van der Waals surface area (Å²) in [6.07, 6.45) is 3.25. The maximum Gasteiger partial charge on any atom is 0.255 e. The summed E-state index contributed by atoms with van der Waals surface area (Å²) in [5.74, 6) is -0.209. The van der Waals surface area contributed by atoms with Gasteiger partial charge < -0.3 is 5.32 Å². The lowest BCUT2D eigenvalue weighted by atomic mass is 10.1. The summed E-state index contributed by atoms with van der Waals surface area (Å²) in [5, 5.41) is 10.8. The largest absolute Gasteiger partial charge is 0.322 e. The summed E-state index contributed by atoms with van der Waals surface area (Å²) in [5.41, 5.74) is 1.97. The number of aromatic amines is 1. The molecule has 2 N–H and O–H groups in total. The van der Waals surface area contributed by atoms with Crippen LogP contribution in [0.3, 0.4) is 0 Å². The number of pyridine rings is 1. The normalized spacial score (nSPS) is 10.6. The van der Waals surface area contributed by atoms with Crippen LogP contribution in [0.5, 0.6) is 0 Å². The van der Waals surface area contributed by atoms with Gasteiger partial charge >= 0.3 is 0 Å². The van der Waals surface area contributed by atoms with Gasteiger partial charge in [-0.05, 0) is 24.3 Å². The molecule has 0 saturated heterocycles. The van der Waals surface area contributed by atoms with E-state index in [1.54, 1.807) is 30.5 Å². The standard InChI is InChI=1S/C13H9ClN4O/c14-12-6-10(3-4-15-12)17-13(19)8-1-2-9-7-16-18-11(9)5-8/h1-7H,(H,16,18)(H,15,17,19). The van der Waals surface area contributed by atoms with Gasteiger partial charge in [0.25, 0.3) is 5.91 Å². The third-order valence-electron chi connectivity index (χ3n) is 2.69. The summed E-state index contributed by atoms with van der Waals surface area (Å²) in [4.78, 5) is 15.9. The first-order valence-electron chi connectivity index (χ1n) is 5.58. The molecular formula is C13H9ClN4O. The van der Waals surface area contributed by atoms with E-state index in [0.717, 1.165) is 10.9 Å². The Hall–Kier alpha value is -2.40. The van der Waals surface area contributed by atoms with Crippen molar-refractivity contribution in [3.8, 4) is 0 Å². The number of carbonyl (C=O) groups excluding carboxylic acids is 1. The lowest BCUT2D eigenvalue weighted by Gasteiger charge is -2.05. The van der Waals surface area contributed by atoms with E-state index in [-0.39, 0.29) is 5.91 Å². The number of hydrogen-bond donors (Lipinski definition) is 2. The van der Waals surface area contributed by atoms with Crippen LogP contribution in [-0.4, -0.2) is 21.1 Å². The highest BCUT2D eigenvalue weighted by Crippen LogP contribution is 2.16. The van der Waals surface area contributed by atoms with Crippen LogP contribution in [0.4, 0.5) is 5.69 Å². The van der Waals surface area contributed by atoms with Crippen LogP contribution in [0.25, 0.3) is 10.9 Å². The molecule has 1 aromatic carbocycles. The maximum absolute atomic E-state index is 12.1. The zero-order valence-corrected chi connectivity index (χ0v) is 10.5. The van der Waals surface area contributed by atoms with Gasteiger partial charge in [0, 0.05) is 22.8 Å². The van der Waals surface area contributed by atoms with Gasteiger partial charge in [-0.25, -0.2) is 4.98 Å². The van der Waals surface area contributed by atoms with Gasteiger partial charge in [0.2, 0.25) is 0 Å². The Kier molecular flexibility index (Phi) is 2.89. The Labute approximate surface area is 113 Å². The highest BCUT2D eigenvalue weighted by Gasteiger charge is 2.08. The van der Waals surface area contributed by atoms with E-state index in [1.807, 2.05) is 6.07 Å². The van der Waals surface area contributed by atoms with Gasteiger partial charge in [0.15, 0.2) is 0 Å². The summed E-state index contributed by atoms with van der Waals surface area (Å²) in [6.45, 7) is 0. The average Bonchev–Trinajstić information content (AvgIpc) is 2.85. The molecule has 0 fully saturated rings. The summed E-state index contributed by atoms with van der Waals surface area (Å²) >= 11 is 5.76. The molecular weight excluding hydrogens is 264 g/mol. The quantitative estimate of drug-likeness (QED) is 0.705. The van der Waals surface area contributed by atoms with E-state index >= 15 is 0 Å². The number of carbonyl (C=O) groups is 1. The highest BCUT2D eigenvalue weighted by molar-refractivity contribution is 6.29. The minimum atomic E-state index is -0.209. The van der Waals surface area contributed by atoms with Gasteiger partial charge in [-0.2, -0.15) is 5.10 Å². The van der Waals surface area contributed by atoms with Crippen molar-refractivity contribution in [3.05, 3.63) is 53.4 Å². The molecule has 0 aliphatic carbocycles. The van der Waals surface area contributed by atoms with Gasteiger partial charge in [0.1, 0.15) is 5.15 Å². The molecule has 0 spiro atoms. The van der Waals surface area contributed by atoms with E-state index in [4.69, 9.17) is 11.6 Å². The molecule has 6 heteroatoms. The minimum Gasteiger partial charge on any atom is -0.322 e. The first-order valence-corrected chi connectivity index (χ1v) is 5.96. The molecule has 0 saturated carbocycles. The van der Waals surface area contributed by atoms with E-state index in [2.05, 4.69) is 20.5 Å². The Morgan fingerprint density at radius 2 is 2.16 bits per heavy atom. The second-order valence-corrected chi connectivity index (χ2v) is 4.38.